The van der Waals surface area contributed by atoms with Gasteiger partial charge in [0.2, 0.25) is 11.8 Å². The Morgan fingerprint density at radius 2 is 1.90 bits per heavy atom. The monoisotopic (exact) mass is 438 g/mol. The molecule has 0 spiro atoms. The lowest BCUT2D eigenvalue weighted by Gasteiger charge is -2.37. The Morgan fingerprint density at radius 1 is 1.10 bits per heavy atom. The predicted octanol–water partition coefficient (Wildman–Crippen LogP) is 3.26. The van der Waals surface area contributed by atoms with Crippen molar-refractivity contribution in [2.24, 2.45) is 7.05 Å². The summed E-state index contributed by atoms with van der Waals surface area (Å²) in [6, 6.07) is 7.45. The fourth-order valence-electron chi connectivity index (χ4n) is 3.97. The summed E-state index contributed by atoms with van der Waals surface area (Å²) in [4.78, 5) is 13.9. The van der Waals surface area contributed by atoms with Gasteiger partial charge >= 0.3 is 0 Å². The van der Waals surface area contributed by atoms with Gasteiger partial charge in [0.05, 0.1) is 17.6 Å². The summed E-state index contributed by atoms with van der Waals surface area (Å²) in [5, 5.41) is 14.5. The predicted molar refractivity (Wildman–Crippen MR) is 118 cm³/mol. The van der Waals surface area contributed by atoms with Gasteiger partial charge in [-0.25, -0.2) is 9.97 Å². The first-order chi connectivity index (χ1) is 15.0. The molecule has 1 fully saturated rings. The first-order valence-electron chi connectivity index (χ1n) is 10.2. The quantitative estimate of drug-likeness (QED) is 0.479. The molecule has 0 bridgehead atoms. The molecule has 0 saturated carbocycles. The molecule has 31 heavy (non-hydrogen) atoms. The maximum atomic E-state index is 6.08. The Balaban J connectivity index is 1.30. The number of aryl methyl sites for hydroxylation is 2. The van der Waals surface area contributed by atoms with Crippen LogP contribution in [0.5, 0.6) is 0 Å². The topological polar surface area (TPSA) is 89.0 Å². The number of hydrogen-bond donors (Lipinski definition) is 0. The molecule has 1 aliphatic heterocycles. The summed E-state index contributed by atoms with van der Waals surface area (Å²) in [5.74, 6) is 2.79. The van der Waals surface area contributed by atoms with Gasteiger partial charge in [0.1, 0.15) is 11.6 Å². The molecule has 1 aliphatic rings. The van der Waals surface area contributed by atoms with Crippen LogP contribution in [0.1, 0.15) is 24.7 Å². The highest BCUT2D eigenvalue weighted by molar-refractivity contribution is 6.30. The highest BCUT2D eigenvalue weighted by atomic mass is 35.5. The zero-order chi connectivity index (χ0) is 21.5. The van der Waals surface area contributed by atoms with Crippen molar-refractivity contribution in [2.75, 3.05) is 31.1 Å². The van der Waals surface area contributed by atoms with E-state index < -0.39 is 0 Å². The number of fused-ring (bicyclic) bond motifs is 1. The van der Waals surface area contributed by atoms with Gasteiger partial charge in [0, 0.05) is 43.8 Å². The van der Waals surface area contributed by atoms with Crippen LogP contribution in [0.4, 0.5) is 5.82 Å². The molecule has 0 aliphatic carbocycles. The molecular weight excluding hydrogens is 416 g/mol. The maximum absolute atomic E-state index is 6.08. The number of hydrogen-bond acceptors (Lipinski definition) is 8. The summed E-state index contributed by atoms with van der Waals surface area (Å²) in [6.07, 6.45) is 1.84. The molecule has 3 aromatic heterocycles. The number of anilines is 1. The Kier molecular flexibility index (Phi) is 5.07. The summed E-state index contributed by atoms with van der Waals surface area (Å²) >= 11 is 6.08. The van der Waals surface area contributed by atoms with E-state index in [2.05, 4.69) is 37.0 Å². The number of nitrogens with zero attached hydrogens (tertiary/aromatic N) is 8. The van der Waals surface area contributed by atoms with Gasteiger partial charge in [0.15, 0.2) is 5.65 Å². The summed E-state index contributed by atoms with van der Waals surface area (Å²) in [6.45, 7) is 7.43. The van der Waals surface area contributed by atoms with Crippen LogP contribution in [0.2, 0.25) is 5.02 Å². The number of aromatic nitrogens is 6. The third-order valence-electron chi connectivity index (χ3n) is 5.71. The summed E-state index contributed by atoms with van der Waals surface area (Å²) in [7, 11) is 1.90. The zero-order valence-corrected chi connectivity index (χ0v) is 18.4. The Hall–Kier alpha value is -3.04. The van der Waals surface area contributed by atoms with E-state index in [1.54, 1.807) is 4.68 Å². The number of benzene rings is 1. The third-order valence-corrected chi connectivity index (χ3v) is 5.95. The maximum Gasteiger partial charge on any atom is 0.247 e. The van der Waals surface area contributed by atoms with Gasteiger partial charge in [-0.3, -0.25) is 9.58 Å². The molecule has 1 unspecified atom stereocenters. The van der Waals surface area contributed by atoms with E-state index >= 15 is 0 Å². The molecular formula is C21H23ClN8O. The van der Waals surface area contributed by atoms with E-state index in [1.807, 2.05) is 44.4 Å². The van der Waals surface area contributed by atoms with Crippen LogP contribution in [-0.2, 0) is 7.05 Å². The van der Waals surface area contributed by atoms with Crippen molar-refractivity contribution in [1.82, 2.24) is 34.8 Å². The SMILES string of the molecule is Cc1nc(N2CCN(C(C)c3nnc(-c4cccc(Cl)c4)o3)CC2)c2cnn(C)c2n1. The standard InChI is InChI=1S/C21H23ClN8O/c1-13(20-26-27-21(31-20)15-5-4-6-16(22)11-15)29-7-9-30(10-8-29)19-17-12-23-28(3)18(17)24-14(2)25-19/h4-6,11-13H,7-10H2,1-3H3. The second-order valence-corrected chi connectivity index (χ2v) is 8.19. The van der Waals surface area contributed by atoms with Gasteiger partial charge in [-0.15, -0.1) is 10.2 Å². The average Bonchev–Trinajstić information content (AvgIpc) is 3.41. The molecule has 4 aromatic rings. The van der Waals surface area contributed by atoms with Crippen molar-refractivity contribution < 1.29 is 4.42 Å². The lowest BCUT2D eigenvalue weighted by Crippen LogP contribution is -2.47. The summed E-state index contributed by atoms with van der Waals surface area (Å²) in [5.41, 5.74) is 1.68. The number of rotatable bonds is 4. The smallest absolute Gasteiger partial charge is 0.247 e. The normalized spacial score (nSPS) is 16.2. The van der Waals surface area contributed by atoms with Crippen LogP contribution in [0, 0.1) is 6.92 Å². The van der Waals surface area contributed by atoms with Crippen molar-refractivity contribution in [1.29, 1.82) is 0 Å². The van der Waals surface area contributed by atoms with Crippen molar-refractivity contribution in [3.05, 3.63) is 47.2 Å². The fraction of sp³-hybridized carbons (Fsp3) is 0.381. The zero-order valence-electron chi connectivity index (χ0n) is 17.7. The second kappa shape index (κ2) is 7.90. The number of piperazine rings is 1. The van der Waals surface area contributed by atoms with Crippen LogP contribution in [0.15, 0.2) is 34.9 Å². The van der Waals surface area contributed by atoms with E-state index in [4.69, 9.17) is 21.0 Å². The lowest BCUT2D eigenvalue weighted by molar-refractivity contribution is 0.173. The molecule has 160 valence electrons. The van der Waals surface area contributed by atoms with Crippen molar-refractivity contribution in [2.45, 2.75) is 19.9 Å². The minimum atomic E-state index is 0.0214. The largest absolute Gasteiger partial charge is 0.419 e. The van der Waals surface area contributed by atoms with E-state index in [0.717, 1.165) is 54.4 Å². The summed E-state index contributed by atoms with van der Waals surface area (Å²) < 4.78 is 7.75. The molecule has 0 N–H and O–H groups in total. The third kappa shape index (κ3) is 3.75. The molecule has 9 nitrogen and oxygen atoms in total. The van der Waals surface area contributed by atoms with E-state index in [-0.39, 0.29) is 6.04 Å². The van der Waals surface area contributed by atoms with Crippen LogP contribution >= 0.6 is 11.6 Å². The Bertz CT molecular complexity index is 1230. The molecule has 0 amide bonds. The van der Waals surface area contributed by atoms with Crippen molar-refractivity contribution in [3.63, 3.8) is 0 Å². The van der Waals surface area contributed by atoms with Gasteiger partial charge in [-0.05, 0) is 32.0 Å². The first kappa shape index (κ1) is 19.9. The lowest BCUT2D eigenvalue weighted by atomic mass is 10.2. The Morgan fingerprint density at radius 3 is 2.68 bits per heavy atom. The Labute approximate surface area is 184 Å². The van der Waals surface area contributed by atoms with Gasteiger partial charge < -0.3 is 9.32 Å². The minimum Gasteiger partial charge on any atom is -0.419 e. The van der Waals surface area contributed by atoms with E-state index in [1.165, 1.54) is 0 Å². The molecule has 4 heterocycles. The first-order valence-corrected chi connectivity index (χ1v) is 10.6. The van der Waals surface area contributed by atoms with Crippen LogP contribution in [-0.4, -0.2) is 61.0 Å². The van der Waals surface area contributed by atoms with Gasteiger partial charge in [0.25, 0.3) is 0 Å². The molecule has 10 heteroatoms. The molecule has 0 radical (unpaired) electrons. The second-order valence-electron chi connectivity index (χ2n) is 7.75. The van der Waals surface area contributed by atoms with E-state index in [0.29, 0.717) is 16.8 Å². The van der Waals surface area contributed by atoms with Gasteiger partial charge in [-0.1, -0.05) is 17.7 Å². The fourth-order valence-corrected chi connectivity index (χ4v) is 4.16. The highest BCUT2D eigenvalue weighted by Gasteiger charge is 2.27. The van der Waals surface area contributed by atoms with Crippen LogP contribution < -0.4 is 4.90 Å². The molecule has 1 atom stereocenters. The van der Waals surface area contributed by atoms with Crippen molar-refractivity contribution >= 4 is 28.5 Å². The average molecular weight is 439 g/mol. The molecule has 5 rings (SSSR count). The highest BCUT2D eigenvalue weighted by Crippen LogP contribution is 2.28. The van der Waals surface area contributed by atoms with E-state index in [9.17, 15) is 0 Å². The van der Waals surface area contributed by atoms with Crippen LogP contribution in [0.3, 0.4) is 0 Å². The molecule has 1 saturated heterocycles. The number of halogens is 1. The minimum absolute atomic E-state index is 0.0214. The van der Waals surface area contributed by atoms with Crippen molar-refractivity contribution in [3.8, 4) is 11.5 Å². The molecule has 1 aromatic carbocycles. The van der Waals surface area contributed by atoms with Crippen LogP contribution in [0.25, 0.3) is 22.5 Å². The van der Waals surface area contributed by atoms with Gasteiger partial charge in [-0.2, -0.15) is 5.10 Å².